The van der Waals surface area contributed by atoms with Gasteiger partial charge >= 0.3 is 5.97 Å². The Morgan fingerprint density at radius 1 is 1.38 bits per heavy atom. The van der Waals surface area contributed by atoms with Gasteiger partial charge in [-0.15, -0.1) is 0 Å². The van der Waals surface area contributed by atoms with Crippen LogP contribution in [0.3, 0.4) is 0 Å². The Kier molecular flexibility index (Phi) is 5.39. The molecule has 1 aliphatic rings. The predicted octanol–water partition coefficient (Wildman–Crippen LogP) is 3.23. The monoisotopic (exact) mass is 285 g/mol. The van der Waals surface area contributed by atoms with Crippen molar-refractivity contribution in [2.75, 3.05) is 6.61 Å². The summed E-state index contributed by atoms with van der Waals surface area (Å²) >= 11 is 0. The van der Waals surface area contributed by atoms with Crippen molar-refractivity contribution in [2.24, 2.45) is 5.92 Å². The van der Waals surface area contributed by atoms with Crippen LogP contribution in [-0.2, 0) is 9.53 Å². The molecule has 4 heteroatoms. The van der Waals surface area contributed by atoms with Crippen LogP contribution in [0.2, 0.25) is 0 Å². The van der Waals surface area contributed by atoms with Crippen molar-refractivity contribution >= 4 is 5.97 Å². The molecule has 2 unspecified atom stereocenters. The van der Waals surface area contributed by atoms with E-state index in [9.17, 15) is 4.79 Å². The number of carbonyl (C=O) groups excluding carboxylic acids is 1. The highest BCUT2D eigenvalue weighted by molar-refractivity contribution is 5.74. The number of hydrogen-bond donors (Lipinski definition) is 0. The van der Waals surface area contributed by atoms with E-state index >= 15 is 0 Å². The molecule has 0 radical (unpaired) electrons. The summed E-state index contributed by atoms with van der Waals surface area (Å²) in [5.41, 5.74) is 0.558. The zero-order valence-electron chi connectivity index (χ0n) is 12.1. The maximum atomic E-state index is 11.9. The fourth-order valence-corrected chi connectivity index (χ4v) is 2.19. The lowest BCUT2D eigenvalue weighted by Crippen LogP contribution is -2.28. The lowest BCUT2D eigenvalue weighted by atomic mass is 9.95. The molecule has 1 aromatic rings. The van der Waals surface area contributed by atoms with E-state index in [0.717, 1.165) is 19.3 Å². The smallest absolute Gasteiger partial charge is 0.347 e. The summed E-state index contributed by atoms with van der Waals surface area (Å²) in [4.78, 5) is 11.9. The van der Waals surface area contributed by atoms with Crippen LogP contribution in [0.15, 0.2) is 36.4 Å². The number of esters is 1. The Hall–Kier alpha value is -2.28. The van der Waals surface area contributed by atoms with E-state index in [1.165, 1.54) is 0 Å². The molecule has 0 heterocycles. The normalized spacial score (nSPS) is 18.6. The van der Waals surface area contributed by atoms with Gasteiger partial charge in [0.2, 0.25) is 0 Å². The van der Waals surface area contributed by atoms with Gasteiger partial charge in [-0.05, 0) is 56.4 Å². The van der Waals surface area contributed by atoms with Crippen molar-refractivity contribution in [3.05, 3.63) is 42.0 Å². The lowest BCUT2D eigenvalue weighted by Gasteiger charge is -2.19. The number of nitriles is 1. The SMILES string of the molecule is CC(Oc1ccc(C#N)cc1)C(=O)OCC1CC=CCC1. The van der Waals surface area contributed by atoms with Crippen LogP contribution < -0.4 is 4.74 Å². The van der Waals surface area contributed by atoms with E-state index in [1.54, 1.807) is 31.2 Å². The standard InChI is InChI=1S/C17H19NO3/c1-13(21-16-9-7-14(11-18)8-10-16)17(19)20-12-15-5-3-2-4-6-15/h2-3,7-10,13,15H,4-6,12H2,1H3. The molecule has 1 aliphatic carbocycles. The Morgan fingerprint density at radius 2 is 2.14 bits per heavy atom. The van der Waals surface area contributed by atoms with E-state index in [4.69, 9.17) is 14.7 Å². The lowest BCUT2D eigenvalue weighted by molar-refractivity contribution is -0.152. The molecule has 0 amide bonds. The second-order valence-electron chi connectivity index (χ2n) is 5.18. The highest BCUT2D eigenvalue weighted by Crippen LogP contribution is 2.19. The van der Waals surface area contributed by atoms with Gasteiger partial charge in [0.1, 0.15) is 5.75 Å². The molecule has 0 bridgehead atoms. The van der Waals surface area contributed by atoms with Gasteiger partial charge in [-0.2, -0.15) is 5.26 Å². The summed E-state index contributed by atoms with van der Waals surface area (Å²) in [7, 11) is 0. The third-order valence-corrected chi connectivity index (χ3v) is 3.47. The van der Waals surface area contributed by atoms with E-state index in [1.807, 2.05) is 6.07 Å². The Balaban J connectivity index is 1.78. The summed E-state index contributed by atoms with van der Waals surface area (Å²) < 4.78 is 10.8. The first kappa shape index (κ1) is 15.1. The van der Waals surface area contributed by atoms with Crippen LogP contribution in [0.25, 0.3) is 0 Å². The van der Waals surface area contributed by atoms with Crippen LogP contribution in [0, 0.1) is 17.2 Å². The van der Waals surface area contributed by atoms with Crippen LogP contribution >= 0.6 is 0 Å². The number of rotatable bonds is 5. The van der Waals surface area contributed by atoms with Crippen molar-refractivity contribution < 1.29 is 14.3 Å². The number of ether oxygens (including phenoxy) is 2. The fourth-order valence-electron chi connectivity index (χ4n) is 2.19. The predicted molar refractivity (Wildman–Crippen MR) is 78.7 cm³/mol. The van der Waals surface area contributed by atoms with E-state index in [0.29, 0.717) is 23.8 Å². The Labute approximate surface area is 125 Å². The van der Waals surface area contributed by atoms with E-state index in [-0.39, 0.29) is 5.97 Å². The van der Waals surface area contributed by atoms with Crippen molar-refractivity contribution in [1.82, 2.24) is 0 Å². The van der Waals surface area contributed by atoms with Crippen LogP contribution in [0.1, 0.15) is 31.7 Å². The Morgan fingerprint density at radius 3 is 2.76 bits per heavy atom. The first-order chi connectivity index (χ1) is 10.2. The molecule has 4 nitrogen and oxygen atoms in total. The molecule has 0 saturated carbocycles. The number of hydrogen-bond acceptors (Lipinski definition) is 4. The Bertz CT molecular complexity index is 542. The molecule has 2 atom stereocenters. The maximum Gasteiger partial charge on any atom is 0.347 e. The minimum absolute atomic E-state index is 0.353. The summed E-state index contributed by atoms with van der Waals surface area (Å²) in [5, 5.41) is 8.72. The molecule has 0 fully saturated rings. The molecule has 0 aromatic heterocycles. The van der Waals surface area contributed by atoms with Gasteiger partial charge in [0.15, 0.2) is 6.10 Å². The minimum atomic E-state index is -0.655. The molecule has 0 N–H and O–H groups in total. The third-order valence-electron chi connectivity index (χ3n) is 3.47. The number of allylic oxidation sites excluding steroid dienone is 2. The number of carbonyl (C=O) groups is 1. The highest BCUT2D eigenvalue weighted by Gasteiger charge is 2.19. The van der Waals surface area contributed by atoms with Gasteiger partial charge in [0.05, 0.1) is 18.2 Å². The number of benzene rings is 1. The van der Waals surface area contributed by atoms with Gasteiger partial charge in [-0.1, -0.05) is 12.2 Å². The van der Waals surface area contributed by atoms with E-state index in [2.05, 4.69) is 12.2 Å². The van der Waals surface area contributed by atoms with Gasteiger partial charge in [0, 0.05) is 0 Å². The van der Waals surface area contributed by atoms with Crippen LogP contribution in [0.5, 0.6) is 5.75 Å². The number of nitrogens with zero attached hydrogens (tertiary/aromatic N) is 1. The minimum Gasteiger partial charge on any atom is -0.479 e. The molecule has 1 aromatic carbocycles. The van der Waals surface area contributed by atoms with Gasteiger partial charge in [-0.25, -0.2) is 4.79 Å². The second kappa shape index (κ2) is 7.49. The zero-order chi connectivity index (χ0) is 15.1. The first-order valence-electron chi connectivity index (χ1n) is 7.17. The van der Waals surface area contributed by atoms with Gasteiger partial charge in [0.25, 0.3) is 0 Å². The van der Waals surface area contributed by atoms with Crippen molar-refractivity contribution in [3.63, 3.8) is 0 Å². The van der Waals surface area contributed by atoms with Gasteiger partial charge < -0.3 is 9.47 Å². The van der Waals surface area contributed by atoms with Crippen molar-refractivity contribution in [1.29, 1.82) is 5.26 Å². The summed E-state index contributed by atoms with van der Waals surface area (Å²) in [5.74, 6) is 0.619. The first-order valence-corrected chi connectivity index (χ1v) is 7.17. The summed E-state index contributed by atoms with van der Waals surface area (Å²) in [6, 6.07) is 8.69. The van der Waals surface area contributed by atoms with E-state index < -0.39 is 6.10 Å². The average Bonchev–Trinajstić information content (AvgIpc) is 2.54. The van der Waals surface area contributed by atoms with Crippen LogP contribution in [0.4, 0.5) is 0 Å². The molecule has 0 saturated heterocycles. The summed E-state index contributed by atoms with van der Waals surface area (Å²) in [6.45, 7) is 2.12. The fraction of sp³-hybridized carbons (Fsp3) is 0.412. The molecule has 21 heavy (non-hydrogen) atoms. The average molecular weight is 285 g/mol. The molecule has 110 valence electrons. The highest BCUT2D eigenvalue weighted by atomic mass is 16.6. The largest absolute Gasteiger partial charge is 0.479 e. The third kappa shape index (κ3) is 4.64. The zero-order valence-corrected chi connectivity index (χ0v) is 12.1. The molecule has 0 aliphatic heterocycles. The maximum absolute atomic E-state index is 11.9. The summed E-state index contributed by atoms with van der Waals surface area (Å²) in [6.07, 6.45) is 6.73. The van der Waals surface area contributed by atoms with Crippen LogP contribution in [-0.4, -0.2) is 18.7 Å². The topological polar surface area (TPSA) is 59.3 Å². The molecular formula is C17H19NO3. The quantitative estimate of drug-likeness (QED) is 0.615. The van der Waals surface area contributed by atoms with Crippen molar-refractivity contribution in [2.45, 2.75) is 32.3 Å². The van der Waals surface area contributed by atoms with Gasteiger partial charge in [-0.3, -0.25) is 0 Å². The molecular weight excluding hydrogens is 266 g/mol. The second-order valence-corrected chi connectivity index (χ2v) is 5.18. The van der Waals surface area contributed by atoms with Crippen molar-refractivity contribution in [3.8, 4) is 11.8 Å². The molecule has 0 spiro atoms. The molecule has 2 rings (SSSR count).